The Morgan fingerprint density at radius 1 is 1.52 bits per heavy atom. The average molecular weight is 322 g/mol. The number of ether oxygens (including phenoxy) is 3. The van der Waals surface area contributed by atoms with E-state index in [0.717, 1.165) is 6.42 Å². The molecular weight excluding hydrogens is 300 g/mol. The van der Waals surface area contributed by atoms with Crippen LogP contribution in [-0.2, 0) is 23.8 Å². The van der Waals surface area contributed by atoms with Gasteiger partial charge >= 0.3 is 5.97 Å². The second-order valence-electron chi connectivity index (χ2n) is 7.54. The van der Waals surface area contributed by atoms with Crippen LogP contribution >= 0.6 is 0 Å². The molecule has 3 fully saturated rings. The maximum atomic E-state index is 13.0. The molecule has 4 rings (SSSR count). The zero-order valence-corrected chi connectivity index (χ0v) is 13.6. The highest BCUT2D eigenvalue weighted by atomic mass is 16.6. The van der Waals surface area contributed by atoms with E-state index in [9.17, 15) is 14.7 Å². The first-order valence-corrected chi connectivity index (χ1v) is 8.11. The first kappa shape index (κ1) is 15.3. The molecule has 6 heteroatoms. The summed E-state index contributed by atoms with van der Waals surface area (Å²) in [6.45, 7) is 5.75. The van der Waals surface area contributed by atoms with Crippen molar-refractivity contribution in [3.63, 3.8) is 0 Å². The summed E-state index contributed by atoms with van der Waals surface area (Å²) in [5.41, 5.74) is -1.20. The Hall–Kier alpha value is -1.24. The third kappa shape index (κ3) is 1.59. The van der Waals surface area contributed by atoms with Crippen molar-refractivity contribution in [2.45, 2.75) is 57.5 Å². The lowest BCUT2D eigenvalue weighted by molar-refractivity contribution is -0.220. The Kier molecular flexibility index (Phi) is 2.95. The molecule has 126 valence electrons. The molecule has 6 atom stereocenters. The van der Waals surface area contributed by atoms with E-state index in [0.29, 0.717) is 13.0 Å². The van der Waals surface area contributed by atoms with Crippen molar-refractivity contribution in [2.24, 2.45) is 10.8 Å². The van der Waals surface area contributed by atoms with Gasteiger partial charge in [-0.3, -0.25) is 9.59 Å². The number of epoxide rings is 1. The van der Waals surface area contributed by atoms with Gasteiger partial charge in [0, 0.05) is 6.92 Å². The number of hydrogen-bond acceptors (Lipinski definition) is 6. The summed E-state index contributed by atoms with van der Waals surface area (Å²) in [5.74, 6) is -0.630. The number of fused-ring (bicyclic) bond motifs is 2. The normalized spacial score (nSPS) is 50.5. The van der Waals surface area contributed by atoms with E-state index in [2.05, 4.69) is 0 Å². The predicted molar refractivity (Wildman–Crippen MR) is 78.5 cm³/mol. The van der Waals surface area contributed by atoms with Crippen LogP contribution in [0.15, 0.2) is 11.6 Å². The fourth-order valence-corrected chi connectivity index (χ4v) is 5.02. The lowest BCUT2D eigenvalue weighted by atomic mass is 9.52. The van der Waals surface area contributed by atoms with Gasteiger partial charge in [-0.1, -0.05) is 11.6 Å². The largest absolute Gasteiger partial charge is 0.465 e. The van der Waals surface area contributed by atoms with E-state index in [1.807, 2.05) is 19.9 Å². The molecule has 2 bridgehead atoms. The van der Waals surface area contributed by atoms with E-state index in [1.165, 1.54) is 12.5 Å². The third-order valence-corrected chi connectivity index (χ3v) is 6.58. The summed E-state index contributed by atoms with van der Waals surface area (Å²) >= 11 is 0. The Balaban J connectivity index is 1.86. The summed E-state index contributed by atoms with van der Waals surface area (Å²) in [6, 6.07) is 0. The van der Waals surface area contributed by atoms with Crippen molar-refractivity contribution < 1.29 is 28.9 Å². The summed E-state index contributed by atoms with van der Waals surface area (Å²) in [4.78, 5) is 24.4. The highest BCUT2D eigenvalue weighted by molar-refractivity contribution is 5.96. The van der Waals surface area contributed by atoms with Crippen LogP contribution in [0.2, 0.25) is 0 Å². The minimum Gasteiger partial charge on any atom is -0.465 e. The fourth-order valence-electron chi connectivity index (χ4n) is 5.02. The van der Waals surface area contributed by atoms with E-state index in [1.54, 1.807) is 0 Å². The van der Waals surface area contributed by atoms with Gasteiger partial charge in [-0.25, -0.2) is 0 Å². The van der Waals surface area contributed by atoms with Crippen LogP contribution in [0, 0.1) is 10.8 Å². The minimum absolute atomic E-state index is 0.101. The SMILES string of the molecule is CC(=O)OC[C@]12CCC(C)=C[C@H]1O[C@@H]1C(O)C(=O)[C@@]2(C)[C@]12CO2. The van der Waals surface area contributed by atoms with Crippen molar-refractivity contribution >= 4 is 11.8 Å². The lowest BCUT2D eigenvalue weighted by Crippen LogP contribution is -2.65. The van der Waals surface area contributed by atoms with Gasteiger partial charge in [-0.15, -0.1) is 0 Å². The second kappa shape index (κ2) is 4.43. The smallest absolute Gasteiger partial charge is 0.302 e. The molecule has 6 nitrogen and oxygen atoms in total. The zero-order valence-electron chi connectivity index (χ0n) is 13.6. The van der Waals surface area contributed by atoms with Gasteiger partial charge in [0.2, 0.25) is 0 Å². The number of aliphatic hydroxyl groups excluding tert-OH is 1. The van der Waals surface area contributed by atoms with Crippen LogP contribution in [0.25, 0.3) is 0 Å². The predicted octanol–water partition coefficient (Wildman–Crippen LogP) is 0.762. The molecule has 0 aromatic rings. The van der Waals surface area contributed by atoms with Gasteiger partial charge in [0.05, 0.1) is 23.5 Å². The maximum Gasteiger partial charge on any atom is 0.302 e. The summed E-state index contributed by atoms with van der Waals surface area (Å²) in [7, 11) is 0. The van der Waals surface area contributed by atoms with Crippen molar-refractivity contribution in [1.82, 2.24) is 0 Å². The van der Waals surface area contributed by atoms with Gasteiger partial charge in [0.25, 0.3) is 0 Å². The summed E-state index contributed by atoms with van der Waals surface area (Å²) < 4.78 is 17.2. The molecule has 2 saturated heterocycles. The van der Waals surface area contributed by atoms with E-state index >= 15 is 0 Å². The third-order valence-electron chi connectivity index (χ3n) is 6.58. The zero-order chi connectivity index (χ0) is 16.6. The molecule has 0 aromatic heterocycles. The Bertz CT molecular complexity index is 621. The van der Waals surface area contributed by atoms with E-state index in [-0.39, 0.29) is 24.5 Å². The van der Waals surface area contributed by atoms with Crippen LogP contribution in [0.1, 0.15) is 33.6 Å². The topological polar surface area (TPSA) is 85.4 Å². The number of aliphatic hydroxyl groups is 1. The molecule has 4 aliphatic rings. The van der Waals surface area contributed by atoms with Crippen molar-refractivity contribution in [3.8, 4) is 0 Å². The molecule has 0 aromatic carbocycles. The molecule has 1 spiro atoms. The number of hydrogen-bond donors (Lipinski definition) is 1. The van der Waals surface area contributed by atoms with Gasteiger partial charge in [-0.2, -0.15) is 0 Å². The fraction of sp³-hybridized carbons (Fsp3) is 0.765. The molecule has 23 heavy (non-hydrogen) atoms. The molecular formula is C17H22O6. The number of ketones is 1. The van der Waals surface area contributed by atoms with Gasteiger partial charge in [0.1, 0.15) is 24.4 Å². The number of allylic oxidation sites excluding steroid dienone is 1. The molecule has 2 aliphatic carbocycles. The number of carbonyl (C=O) groups excluding carboxylic acids is 2. The monoisotopic (exact) mass is 322 g/mol. The van der Waals surface area contributed by atoms with Crippen molar-refractivity contribution in [2.75, 3.05) is 13.2 Å². The van der Waals surface area contributed by atoms with E-state index < -0.39 is 28.6 Å². The molecule has 0 amide bonds. The van der Waals surface area contributed by atoms with Gasteiger partial charge < -0.3 is 19.3 Å². The molecule has 1 N–H and O–H groups in total. The van der Waals surface area contributed by atoms with E-state index in [4.69, 9.17) is 14.2 Å². The molecule has 2 heterocycles. The van der Waals surface area contributed by atoms with Crippen molar-refractivity contribution in [3.05, 3.63) is 11.6 Å². The van der Waals surface area contributed by atoms with Gasteiger partial charge in [0.15, 0.2) is 5.78 Å². The number of esters is 1. The van der Waals surface area contributed by atoms with Crippen LogP contribution in [0.5, 0.6) is 0 Å². The minimum atomic E-state index is -1.18. The summed E-state index contributed by atoms with van der Waals surface area (Å²) in [6.07, 6.45) is 1.30. The first-order chi connectivity index (χ1) is 10.8. The summed E-state index contributed by atoms with van der Waals surface area (Å²) in [5, 5.41) is 10.4. The standard InChI is InChI=1S/C17H22O6/c1-9-4-5-16(7-21-10(2)18)11(6-9)23-14-12(19)13(20)15(16,3)17(14)8-22-17/h6,11-12,14,19H,4-5,7-8H2,1-3H3/t11-,12?,14-,15-,16-,17+/m1/s1. The maximum absolute atomic E-state index is 13.0. The quantitative estimate of drug-likeness (QED) is 0.459. The Labute approximate surface area is 134 Å². The Morgan fingerprint density at radius 3 is 2.83 bits per heavy atom. The van der Waals surface area contributed by atoms with Gasteiger partial charge in [-0.05, 0) is 26.7 Å². The van der Waals surface area contributed by atoms with Crippen molar-refractivity contribution in [1.29, 1.82) is 0 Å². The number of rotatable bonds is 2. The van der Waals surface area contributed by atoms with Crippen LogP contribution < -0.4 is 0 Å². The highest BCUT2D eigenvalue weighted by Gasteiger charge is 2.85. The number of Topliss-reactive ketones (excluding diaryl/α,β-unsaturated/α-hetero) is 1. The molecule has 2 aliphatic heterocycles. The molecule has 1 saturated carbocycles. The number of carbonyl (C=O) groups is 2. The van der Waals surface area contributed by atoms with Crippen LogP contribution in [0.3, 0.4) is 0 Å². The second-order valence-corrected chi connectivity index (χ2v) is 7.54. The highest BCUT2D eigenvalue weighted by Crippen LogP contribution is 2.70. The van der Waals surface area contributed by atoms with Crippen LogP contribution in [0.4, 0.5) is 0 Å². The molecule has 0 radical (unpaired) electrons. The average Bonchev–Trinajstić information content (AvgIpc) is 3.28. The lowest BCUT2D eigenvalue weighted by Gasteiger charge is -2.56. The Morgan fingerprint density at radius 2 is 2.22 bits per heavy atom. The first-order valence-electron chi connectivity index (χ1n) is 8.11. The van der Waals surface area contributed by atoms with Crippen LogP contribution in [-0.4, -0.2) is 54.0 Å². The molecule has 1 unspecified atom stereocenters.